The molecule has 0 atom stereocenters. The molecule has 3 N–H and O–H groups in total. The van der Waals surface area contributed by atoms with E-state index in [0.29, 0.717) is 18.7 Å². The van der Waals surface area contributed by atoms with Crippen LogP contribution in [0.25, 0.3) is 11.3 Å². The van der Waals surface area contributed by atoms with Crippen LogP contribution in [0, 0.1) is 0 Å². The maximum Gasteiger partial charge on any atom is 0.410 e. The van der Waals surface area contributed by atoms with Crippen molar-refractivity contribution in [2.24, 2.45) is 0 Å². The van der Waals surface area contributed by atoms with Crippen molar-refractivity contribution < 1.29 is 23.9 Å². The topological polar surface area (TPSA) is 112 Å². The highest BCUT2D eigenvalue weighted by atomic mass is 32.1. The monoisotopic (exact) mass is 487 g/mol. The van der Waals surface area contributed by atoms with Crippen molar-refractivity contribution in [1.29, 1.82) is 0 Å². The van der Waals surface area contributed by atoms with Crippen LogP contribution in [0.2, 0.25) is 0 Å². The fourth-order valence-electron chi connectivity index (χ4n) is 3.68. The third-order valence-corrected chi connectivity index (χ3v) is 6.98. The number of amides is 1. The SMILES string of the molecule is O=C(OCc1ccccc1)N1CCC(Nc2nc(-c3ccc(CP(=O)(O)O)cc3)cs2)CC1. The van der Waals surface area contributed by atoms with E-state index in [1.807, 2.05) is 47.8 Å². The summed E-state index contributed by atoms with van der Waals surface area (Å²) in [4.78, 5) is 36.9. The second kappa shape index (κ2) is 10.5. The Morgan fingerprint density at radius 2 is 1.79 bits per heavy atom. The number of nitrogens with zero attached hydrogens (tertiary/aromatic N) is 2. The molecule has 2 heterocycles. The molecule has 0 spiro atoms. The number of piperidine rings is 1. The van der Waals surface area contributed by atoms with Crippen molar-refractivity contribution in [2.75, 3.05) is 18.4 Å². The molecule has 3 aromatic rings. The molecule has 0 unspecified atom stereocenters. The van der Waals surface area contributed by atoms with Crippen LogP contribution in [0.4, 0.5) is 9.93 Å². The summed E-state index contributed by atoms with van der Waals surface area (Å²) in [6, 6.07) is 16.9. The average Bonchev–Trinajstić information content (AvgIpc) is 3.26. The highest BCUT2D eigenvalue weighted by Crippen LogP contribution is 2.39. The number of rotatable bonds is 7. The predicted molar refractivity (Wildman–Crippen MR) is 128 cm³/mol. The molecule has 4 rings (SSSR count). The van der Waals surface area contributed by atoms with Gasteiger partial charge in [-0.2, -0.15) is 0 Å². The first kappa shape index (κ1) is 23.4. The van der Waals surface area contributed by atoms with Crippen molar-refractivity contribution in [3.8, 4) is 11.3 Å². The van der Waals surface area contributed by atoms with Crippen LogP contribution >= 0.6 is 18.9 Å². The normalized spacial score (nSPS) is 14.8. The van der Waals surface area contributed by atoms with Gasteiger partial charge in [0, 0.05) is 30.1 Å². The van der Waals surface area contributed by atoms with Crippen LogP contribution in [0.1, 0.15) is 24.0 Å². The molecule has 8 nitrogen and oxygen atoms in total. The Morgan fingerprint density at radius 3 is 2.45 bits per heavy atom. The van der Waals surface area contributed by atoms with Crippen molar-refractivity contribution in [3.05, 3.63) is 71.1 Å². The minimum absolute atomic E-state index is 0.229. The maximum absolute atomic E-state index is 12.3. The third-order valence-electron chi connectivity index (χ3n) is 5.43. The number of ether oxygens (including phenoxy) is 1. The lowest BCUT2D eigenvalue weighted by atomic mass is 10.1. The van der Waals surface area contributed by atoms with Gasteiger partial charge in [-0.15, -0.1) is 11.3 Å². The van der Waals surface area contributed by atoms with E-state index in [0.717, 1.165) is 34.8 Å². The zero-order chi connectivity index (χ0) is 23.3. The van der Waals surface area contributed by atoms with Gasteiger partial charge in [-0.25, -0.2) is 9.78 Å². The summed E-state index contributed by atoms with van der Waals surface area (Å²) in [7, 11) is -4.08. The van der Waals surface area contributed by atoms with E-state index < -0.39 is 7.60 Å². The van der Waals surface area contributed by atoms with Gasteiger partial charge in [-0.3, -0.25) is 4.57 Å². The van der Waals surface area contributed by atoms with Gasteiger partial charge in [0.1, 0.15) is 6.61 Å². The number of likely N-dealkylation sites (tertiary alicyclic amines) is 1. The number of nitrogens with one attached hydrogen (secondary N) is 1. The summed E-state index contributed by atoms with van der Waals surface area (Å²) < 4.78 is 16.6. The molecule has 0 aliphatic carbocycles. The Labute approximate surface area is 196 Å². The van der Waals surface area contributed by atoms with Crippen molar-refractivity contribution in [2.45, 2.75) is 31.7 Å². The number of aromatic nitrogens is 1. The summed E-state index contributed by atoms with van der Waals surface area (Å²) in [5.41, 5.74) is 3.27. The molecule has 0 radical (unpaired) electrons. The molecule has 1 aliphatic heterocycles. The molecule has 1 aromatic heterocycles. The summed E-state index contributed by atoms with van der Waals surface area (Å²) in [6.07, 6.45) is 1.07. The van der Waals surface area contributed by atoms with E-state index in [1.165, 1.54) is 11.3 Å². The first-order valence-corrected chi connectivity index (χ1v) is 13.3. The minimum atomic E-state index is -4.08. The molecule has 174 valence electrons. The Bertz CT molecular complexity index is 1110. The van der Waals surface area contributed by atoms with E-state index in [2.05, 4.69) is 10.3 Å². The molecule has 1 saturated heterocycles. The van der Waals surface area contributed by atoms with Crippen LogP contribution in [-0.4, -0.2) is 44.9 Å². The largest absolute Gasteiger partial charge is 0.445 e. The number of hydrogen-bond acceptors (Lipinski definition) is 6. The van der Waals surface area contributed by atoms with E-state index >= 15 is 0 Å². The summed E-state index contributed by atoms with van der Waals surface area (Å²) in [5.74, 6) is 0. The molecule has 1 amide bonds. The third kappa shape index (κ3) is 6.88. The van der Waals surface area contributed by atoms with E-state index in [4.69, 9.17) is 14.5 Å². The highest BCUT2D eigenvalue weighted by molar-refractivity contribution is 7.50. The molecule has 2 aromatic carbocycles. The van der Waals surface area contributed by atoms with Gasteiger partial charge >= 0.3 is 13.7 Å². The molecule has 1 aliphatic rings. The average molecular weight is 488 g/mol. The van der Waals surface area contributed by atoms with Crippen LogP contribution < -0.4 is 5.32 Å². The number of anilines is 1. The molecule has 0 bridgehead atoms. The lowest BCUT2D eigenvalue weighted by molar-refractivity contribution is 0.0882. The molecule has 1 fully saturated rings. The minimum Gasteiger partial charge on any atom is -0.445 e. The quantitative estimate of drug-likeness (QED) is 0.414. The molecule has 0 saturated carbocycles. The Morgan fingerprint density at radius 1 is 1.09 bits per heavy atom. The van der Waals surface area contributed by atoms with Gasteiger partial charge in [0.05, 0.1) is 11.9 Å². The van der Waals surface area contributed by atoms with Gasteiger partial charge in [0.25, 0.3) is 0 Å². The predicted octanol–water partition coefficient (Wildman–Crippen LogP) is 4.70. The van der Waals surface area contributed by atoms with Crippen molar-refractivity contribution >= 4 is 30.2 Å². The molecular weight excluding hydrogens is 461 g/mol. The standard InChI is InChI=1S/C23H26N3O5PS/c27-23(31-14-17-4-2-1-3-5-17)26-12-10-20(11-13-26)24-22-25-21(16-33-22)19-8-6-18(7-9-19)15-32(28,29)30/h1-9,16,20H,10-15H2,(H,24,25)(H2,28,29,30). The highest BCUT2D eigenvalue weighted by Gasteiger charge is 2.24. The number of carbonyl (C=O) groups is 1. The zero-order valence-electron chi connectivity index (χ0n) is 18.0. The second-order valence-corrected chi connectivity index (χ2v) is 10.5. The van der Waals surface area contributed by atoms with Crippen LogP contribution in [0.3, 0.4) is 0 Å². The summed E-state index contributed by atoms with van der Waals surface area (Å²) >= 11 is 1.51. The van der Waals surface area contributed by atoms with Crippen molar-refractivity contribution in [1.82, 2.24) is 9.88 Å². The van der Waals surface area contributed by atoms with Crippen LogP contribution in [-0.2, 0) is 22.1 Å². The fraction of sp³-hybridized carbons (Fsp3) is 0.304. The lowest BCUT2D eigenvalue weighted by Crippen LogP contribution is -2.42. The second-order valence-electron chi connectivity index (χ2n) is 8.00. The molecular formula is C23H26N3O5PS. The summed E-state index contributed by atoms with van der Waals surface area (Å²) in [5, 5.41) is 6.23. The fourth-order valence-corrected chi connectivity index (χ4v) is 5.17. The van der Waals surface area contributed by atoms with Gasteiger partial charge in [-0.05, 0) is 24.0 Å². The van der Waals surface area contributed by atoms with Gasteiger partial charge < -0.3 is 24.7 Å². The zero-order valence-corrected chi connectivity index (χ0v) is 19.7. The van der Waals surface area contributed by atoms with Crippen LogP contribution in [0.15, 0.2) is 60.0 Å². The Balaban J connectivity index is 1.25. The van der Waals surface area contributed by atoms with E-state index in [9.17, 15) is 9.36 Å². The smallest absolute Gasteiger partial charge is 0.410 e. The van der Waals surface area contributed by atoms with Gasteiger partial charge in [-0.1, -0.05) is 54.6 Å². The Kier molecular flexibility index (Phi) is 7.45. The number of benzene rings is 2. The maximum atomic E-state index is 12.3. The van der Waals surface area contributed by atoms with Crippen molar-refractivity contribution in [3.63, 3.8) is 0 Å². The lowest BCUT2D eigenvalue weighted by Gasteiger charge is -2.31. The molecule has 33 heavy (non-hydrogen) atoms. The summed E-state index contributed by atoms with van der Waals surface area (Å²) in [6.45, 7) is 1.54. The number of hydrogen-bond donors (Lipinski definition) is 3. The first-order valence-electron chi connectivity index (χ1n) is 10.7. The van der Waals surface area contributed by atoms with Gasteiger partial charge in [0.2, 0.25) is 0 Å². The van der Waals surface area contributed by atoms with Crippen LogP contribution in [0.5, 0.6) is 0 Å². The van der Waals surface area contributed by atoms with E-state index in [1.54, 1.807) is 17.0 Å². The number of thiazole rings is 1. The van der Waals surface area contributed by atoms with E-state index in [-0.39, 0.29) is 24.9 Å². The first-order chi connectivity index (χ1) is 15.9. The number of carbonyl (C=O) groups excluding carboxylic acids is 1. The van der Waals surface area contributed by atoms with Gasteiger partial charge in [0.15, 0.2) is 5.13 Å². The Hall–Kier alpha value is -2.71. The molecule has 10 heteroatoms.